The number of aryl methyl sites for hydroxylation is 1. The van der Waals surface area contributed by atoms with Crippen molar-refractivity contribution in [3.63, 3.8) is 0 Å². The predicted molar refractivity (Wildman–Crippen MR) is 113 cm³/mol. The Morgan fingerprint density at radius 1 is 0.786 bits per heavy atom. The lowest BCUT2D eigenvalue weighted by atomic mass is 10.1. The van der Waals surface area contributed by atoms with Crippen LogP contribution in [0.25, 0.3) is 0 Å². The van der Waals surface area contributed by atoms with Gasteiger partial charge < -0.3 is 20.1 Å². The van der Waals surface area contributed by atoms with Crippen molar-refractivity contribution in [2.24, 2.45) is 0 Å². The van der Waals surface area contributed by atoms with E-state index in [0.29, 0.717) is 12.8 Å². The van der Waals surface area contributed by atoms with Crippen LogP contribution in [-0.4, -0.2) is 20.1 Å². The van der Waals surface area contributed by atoms with Gasteiger partial charge in [0.15, 0.2) is 0 Å². The Balaban J connectivity index is 1.52. The van der Waals surface area contributed by atoms with Crippen LogP contribution in [0.2, 0.25) is 0 Å². The van der Waals surface area contributed by atoms with E-state index in [1.165, 1.54) is 0 Å². The van der Waals surface area contributed by atoms with Crippen molar-refractivity contribution in [2.75, 3.05) is 24.9 Å². The van der Waals surface area contributed by atoms with Crippen molar-refractivity contribution in [3.8, 4) is 11.5 Å². The monoisotopic (exact) mass is 376 g/mol. The number of carbonyl (C=O) groups is 1. The van der Waals surface area contributed by atoms with E-state index in [2.05, 4.69) is 10.6 Å². The minimum Gasteiger partial charge on any atom is -0.497 e. The van der Waals surface area contributed by atoms with E-state index in [1.807, 2.05) is 72.8 Å². The van der Waals surface area contributed by atoms with Gasteiger partial charge in [-0.25, -0.2) is 0 Å². The van der Waals surface area contributed by atoms with E-state index in [-0.39, 0.29) is 5.91 Å². The van der Waals surface area contributed by atoms with Crippen LogP contribution in [-0.2, 0) is 11.2 Å². The Morgan fingerprint density at radius 2 is 1.39 bits per heavy atom. The van der Waals surface area contributed by atoms with Crippen LogP contribution in [0.5, 0.6) is 11.5 Å². The topological polar surface area (TPSA) is 59.6 Å². The van der Waals surface area contributed by atoms with Gasteiger partial charge in [0.05, 0.1) is 14.2 Å². The Labute approximate surface area is 165 Å². The molecule has 0 spiro atoms. The van der Waals surface area contributed by atoms with Crippen molar-refractivity contribution >= 4 is 23.0 Å². The molecule has 0 aliphatic carbocycles. The summed E-state index contributed by atoms with van der Waals surface area (Å²) in [4.78, 5) is 12.2. The number of benzene rings is 3. The fourth-order valence-electron chi connectivity index (χ4n) is 2.86. The van der Waals surface area contributed by atoms with Gasteiger partial charge in [0.2, 0.25) is 5.91 Å². The van der Waals surface area contributed by atoms with Crippen LogP contribution in [0.1, 0.15) is 12.0 Å². The van der Waals surface area contributed by atoms with Gasteiger partial charge in [-0.15, -0.1) is 0 Å². The van der Waals surface area contributed by atoms with Crippen LogP contribution in [0.15, 0.2) is 72.8 Å². The number of carbonyl (C=O) groups excluding carboxylic acids is 1. The average molecular weight is 376 g/mol. The standard InChI is InChI=1S/C23H24N2O3/c1-27-21-14-12-19(13-15-21)24-18-8-10-20(11-9-18)25-23(26)16-7-17-5-3-4-6-22(17)28-2/h3-6,8-15,24H,7,16H2,1-2H3,(H,25,26). The molecule has 0 bridgehead atoms. The average Bonchev–Trinajstić information content (AvgIpc) is 2.74. The van der Waals surface area contributed by atoms with Crippen LogP contribution < -0.4 is 20.1 Å². The van der Waals surface area contributed by atoms with Gasteiger partial charge in [-0.2, -0.15) is 0 Å². The summed E-state index contributed by atoms with van der Waals surface area (Å²) in [7, 11) is 3.28. The summed E-state index contributed by atoms with van der Waals surface area (Å²) in [6.07, 6.45) is 1.03. The van der Waals surface area contributed by atoms with Gasteiger partial charge in [-0.1, -0.05) is 18.2 Å². The minimum atomic E-state index is -0.0261. The number of nitrogens with one attached hydrogen (secondary N) is 2. The molecule has 1 amide bonds. The van der Waals surface area contributed by atoms with Gasteiger partial charge in [0.25, 0.3) is 0 Å². The lowest BCUT2D eigenvalue weighted by molar-refractivity contribution is -0.116. The van der Waals surface area contributed by atoms with Gasteiger partial charge in [-0.3, -0.25) is 4.79 Å². The number of hydrogen-bond acceptors (Lipinski definition) is 4. The smallest absolute Gasteiger partial charge is 0.224 e. The fourth-order valence-corrected chi connectivity index (χ4v) is 2.86. The quantitative estimate of drug-likeness (QED) is 0.580. The van der Waals surface area contributed by atoms with E-state index in [0.717, 1.165) is 34.1 Å². The highest BCUT2D eigenvalue weighted by Crippen LogP contribution is 2.22. The van der Waals surface area contributed by atoms with Crippen LogP contribution in [0.3, 0.4) is 0 Å². The molecular formula is C23H24N2O3. The fraction of sp³-hybridized carbons (Fsp3) is 0.174. The molecule has 3 aromatic carbocycles. The molecule has 144 valence electrons. The van der Waals surface area contributed by atoms with E-state index in [1.54, 1.807) is 14.2 Å². The van der Waals surface area contributed by atoms with Crippen molar-refractivity contribution in [1.29, 1.82) is 0 Å². The molecule has 0 saturated carbocycles. The molecule has 0 aliphatic heterocycles. The van der Waals surface area contributed by atoms with Crippen LogP contribution >= 0.6 is 0 Å². The molecule has 0 saturated heterocycles. The Morgan fingerprint density at radius 3 is 2.04 bits per heavy atom. The predicted octanol–water partition coefficient (Wildman–Crippen LogP) is 5.02. The molecule has 3 aromatic rings. The highest BCUT2D eigenvalue weighted by atomic mass is 16.5. The largest absolute Gasteiger partial charge is 0.497 e. The molecule has 0 atom stereocenters. The summed E-state index contributed by atoms with van der Waals surface area (Å²) >= 11 is 0. The van der Waals surface area contributed by atoms with Crippen molar-refractivity contribution in [2.45, 2.75) is 12.8 Å². The zero-order chi connectivity index (χ0) is 19.8. The maximum Gasteiger partial charge on any atom is 0.224 e. The van der Waals surface area contributed by atoms with Crippen molar-refractivity contribution < 1.29 is 14.3 Å². The maximum absolute atomic E-state index is 12.2. The number of ether oxygens (including phenoxy) is 2. The van der Waals surface area contributed by atoms with Crippen LogP contribution in [0.4, 0.5) is 17.1 Å². The summed E-state index contributed by atoms with van der Waals surface area (Å²) in [5, 5.41) is 6.24. The second-order valence-electron chi connectivity index (χ2n) is 6.29. The first-order valence-corrected chi connectivity index (χ1v) is 9.11. The first-order chi connectivity index (χ1) is 13.7. The number of hydrogen-bond donors (Lipinski definition) is 2. The van der Waals surface area contributed by atoms with Crippen LogP contribution in [0, 0.1) is 0 Å². The Hall–Kier alpha value is -3.47. The molecule has 0 aliphatic rings. The molecule has 5 nitrogen and oxygen atoms in total. The third kappa shape index (κ3) is 5.27. The summed E-state index contributed by atoms with van der Waals surface area (Å²) in [5.74, 6) is 1.60. The lowest BCUT2D eigenvalue weighted by Gasteiger charge is -2.10. The second-order valence-corrected chi connectivity index (χ2v) is 6.29. The molecule has 0 fully saturated rings. The molecule has 3 rings (SSSR count). The zero-order valence-corrected chi connectivity index (χ0v) is 16.1. The van der Waals surface area contributed by atoms with Crippen molar-refractivity contribution in [3.05, 3.63) is 78.4 Å². The molecule has 2 N–H and O–H groups in total. The molecule has 0 aromatic heterocycles. The molecular weight excluding hydrogens is 352 g/mol. The number of methoxy groups -OCH3 is 2. The SMILES string of the molecule is COc1ccc(Nc2ccc(NC(=O)CCc3ccccc3OC)cc2)cc1. The Bertz CT molecular complexity index is 906. The van der Waals surface area contributed by atoms with Crippen molar-refractivity contribution in [1.82, 2.24) is 0 Å². The first kappa shape index (κ1) is 19.3. The minimum absolute atomic E-state index is 0.0261. The van der Waals surface area contributed by atoms with E-state index >= 15 is 0 Å². The summed E-state index contributed by atoms with van der Waals surface area (Å²) in [5.41, 5.74) is 3.70. The van der Waals surface area contributed by atoms with E-state index in [9.17, 15) is 4.79 Å². The van der Waals surface area contributed by atoms with E-state index < -0.39 is 0 Å². The van der Waals surface area contributed by atoms with Gasteiger partial charge >= 0.3 is 0 Å². The third-order valence-electron chi connectivity index (χ3n) is 4.36. The Kier molecular flexibility index (Phi) is 6.52. The van der Waals surface area contributed by atoms with Gasteiger partial charge in [0, 0.05) is 23.5 Å². The number of para-hydroxylation sites is 1. The maximum atomic E-state index is 12.2. The third-order valence-corrected chi connectivity index (χ3v) is 4.36. The molecule has 0 heterocycles. The van der Waals surface area contributed by atoms with Gasteiger partial charge in [-0.05, 0) is 66.6 Å². The zero-order valence-electron chi connectivity index (χ0n) is 16.1. The summed E-state index contributed by atoms with van der Waals surface area (Å²) < 4.78 is 10.5. The number of amides is 1. The van der Waals surface area contributed by atoms with E-state index in [4.69, 9.17) is 9.47 Å². The highest BCUT2D eigenvalue weighted by molar-refractivity contribution is 5.91. The number of anilines is 3. The normalized spacial score (nSPS) is 10.2. The number of rotatable bonds is 8. The lowest BCUT2D eigenvalue weighted by Crippen LogP contribution is -2.12. The first-order valence-electron chi connectivity index (χ1n) is 9.11. The van der Waals surface area contributed by atoms with Gasteiger partial charge in [0.1, 0.15) is 11.5 Å². The molecule has 28 heavy (non-hydrogen) atoms. The molecule has 5 heteroatoms. The second kappa shape index (κ2) is 9.46. The molecule has 0 radical (unpaired) electrons. The summed E-state index contributed by atoms with van der Waals surface area (Å²) in [6, 6.07) is 23.1. The summed E-state index contributed by atoms with van der Waals surface area (Å²) in [6.45, 7) is 0. The highest BCUT2D eigenvalue weighted by Gasteiger charge is 2.07. The molecule has 0 unspecified atom stereocenters.